The Hall–Kier alpha value is 1.20. The zero-order valence-electron chi connectivity index (χ0n) is 11.7. The fourth-order valence-electron chi connectivity index (χ4n) is 1.96. The van der Waals surface area contributed by atoms with Gasteiger partial charge in [-0.3, -0.25) is 0 Å². The Labute approximate surface area is 130 Å². The van der Waals surface area contributed by atoms with Crippen molar-refractivity contribution >= 4 is 34.1 Å². The van der Waals surface area contributed by atoms with Crippen molar-refractivity contribution in [2.45, 2.75) is 51.4 Å². The molecule has 0 aromatic heterocycles. The largest absolute Gasteiger partial charge is 0.147 e. The van der Waals surface area contributed by atoms with E-state index in [-0.39, 0.29) is 44.0 Å². The normalized spacial score (nSPS) is 22.9. The number of hydrogen-bond donors (Lipinski definition) is 0. The van der Waals surface area contributed by atoms with Crippen LogP contribution in [0.15, 0.2) is 20.6 Å². The molecule has 1 rings (SSSR count). The molecule has 1 aliphatic carbocycles. The Kier molecular flexibility index (Phi) is 9.31. The Morgan fingerprint density at radius 1 is 1.18 bits per heavy atom. The zero-order valence-corrected chi connectivity index (χ0v) is 16.0. The summed E-state index contributed by atoms with van der Waals surface area (Å²) in [5.74, 6) is 0.719. The number of rotatable bonds is 3. The van der Waals surface area contributed by atoms with Crippen molar-refractivity contribution in [2.75, 3.05) is 0 Å². The Bertz CT molecular complexity index is 332. The first kappa shape index (κ1) is 20.5. The Morgan fingerprint density at radius 3 is 1.94 bits per heavy atom. The van der Waals surface area contributed by atoms with Gasteiger partial charge in [-0.2, -0.15) is 0 Å². The van der Waals surface area contributed by atoms with E-state index in [1.807, 2.05) is 0 Å². The number of hydrogen-bond acceptors (Lipinski definition) is 0. The molecule has 0 amide bonds. The molecule has 0 aromatic carbocycles. The Morgan fingerprint density at radius 2 is 1.65 bits per heavy atom. The van der Waals surface area contributed by atoms with Crippen LogP contribution in [0.25, 0.3) is 0 Å². The van der Waals surface area contributed by atoms with E-state index in [0.29, 0.717) is 3.46 Å². The van der Waals surface area contributed by atoms with Gasteiger partial charge in [0.1, 0.15) is 0 Å². The van der Waals surface area contributed by atoms with E-state index in [1.165, 1.54) is 6.42 Å². The van der Waals surface area contributed by atoms with Crippen molar-refractivity contribution in [1.82, 2.24) is 0 Å². The van der Waals surface area contributed by atoms with Crippen LogP contribution in [-0.2, 0) is 19.2 Å². The van der Waals surface area contributed by atoms with Gasteiger partial charge in [0, 0.05) is 0 Å². The van der Waals surface area contributed by atoms with Crippen molar-refractivity contribution in [3.63, 3.8) is 0 Å². The van der Waals surface area contributed by atoms with Crippen LogP contribution in [0.2, 0.25) is 0 Å². The van der Waals surface area contributed by atoms with E-state index in [1.54, 1.807) is 20.6 Å². The van der Waals surface area contributed by atoms with Crippen LogP contribution in [-0.4, -0.2) is 3.46 Å². The minimum absolute atomic E-state index is 0. The predicted octanol–water partition coefficient (Wildman–Crippen LogP) is 5.17. The van der Waals surface area contributed by atoms with Crippen LogP contribution in [0.4, 0.5) is 0 Å². The fraction of sp³-hybridized carbons (Fsp3) is 0.692. The van der Waals surface area contributed by atoms with Crippen LogP contribution in [0.5, 0.6) is 0 Å². The molecule has 3 unspecified atom stereocenters. The molecule has 4 heteroatoms. The van der Waals surface area contributed by atoms with Gasteiger partial charge in [-0.15, -0.1) is 24.8 Å². The molecule has 17 heavy (non-hydrogen) atoms. The van der Waals surface area contributed by atoms with Gasteiger partial charge in [0.2, 0.25) is 0 Å². The van der Waals surface area contributed by atoms with Crippen LogP contribution in [0.3, 0.4) is 0 Å². The molecule has 0 nitrogen and oxygen atoms in total. The van der Waals surface area contributed by atoms with Crippen molar-refractivity contribution in [3.8, 4) is 0 Å². The monoisotopic (exact) mass is 330 g/mol. The Balaban J connectivity index is 0. The third-order valence-corrected chi connectivity index (χ3v) is 7.92. The van der Waals surface area contributed by atoms with Gasteiger partial charge in [-0.25, -0.2) is 0 Å². The van der Waals surface area contributed by atoms with E-state index in [2.05, 4.69) is 50.8 Å². The van der Waals surface area contributed by atoms with E-state index in [0.717, 1.165) is 5.92 Å². The topological polar surface area (TPSA) is 0 Å². The van der Waals surface area contributed by atoms with Gasteiger partial charge < -0.3 is 0 Å². The quantitative estimate of drug-likeness (QED) is 0.494. The van der Waals surface area contributed by atoms with E-state index in [9.17, 15) is 0 Å². The van der Waals surface area contributed by atoms with Gasteiger partial charge >= 0.3 is 106 Å². The molecule has 0 heterocycles. The minimum Gasteiger partial charge on any atom is -0.147 e. The number of halogens is 2. The molecule has 0 radical (unpaired) electrons. The van der Waals surface area contributed by atoms with E-state index in [4.69, 9.17) is 0 Å². The van der Waals surface area contributed by atoms with E-state index < -0.39 is 0 Å². The first-order valence-electron chi connectivity index (χ1n) is 5.75. The minimum atomic E-state index is -0.00593. The summed E-state index contributed by atoms with van der Waals surface area (Å²) in [6.45, 7) is 14.0. The third kappa shape index (κ3) is 4.66. The summed E-state index contributed by atoms with van der Waals surface area (Å²) in [6, 6.07) is 0. The zero-order chi connectivity index (χ0) is 11.8. The fourth-order valence-corrected chi connectivity index (χ4v) is 5.10. The molecule has 1 aliphatic rings. The van der Waals surface area contributed by atoms with Crippen molar-refractivity contribution in [2.24, 2.45) is 5.92 Å². The standard InChI is InChI=1S/C9H13.C4H10P.2ClH.Ti/c1-6-5-7(2)9(4)8(6)3;1-3-4(2)5;;;/h6H,1-4H3;3,5H2,1-2H3;2*1H;. The molecule has 0 spiro atoms. The molecular weight excluding hydrogens is 306 g/mol. The molecular formula is C13H25Cl2PTi. The molecule has 0 aliphatic heterocycles. The second kappa shape index (κ2) is 7.71. The average Bonchev–Trinajstić information content (AvgIpc) is 2.36. The molecule has 100 valence electrons. The second-order valence-corrected chi connectivity index (χ2v) is 10.2. The van der Waals surface area contributed by atoms with Crippen LogP contribution in [0.1, 0.15) is 48.0 Å². The van der Waals surface area contributed by atoms with Gasteiger partial charge in [0.05, 0.1) is 0 Å². The molecule has 0 bridgehead atoms. The summed E-state index contributed by atoms with van der Waals surface area (Å²) in [6.07, 6.45) is 1.28. The van der Waals surface area contributed by atoms with Crippen molar-refractivity contribution in [1.29, 1.82) is 0 Å². The van der Waals surface area contributed by atoms with Crippen molar-refractivity contribution < 1.29 is 19.2 Å². The maximum absolute atomic E-state index is 3.08. The summed E-state index contributed by atoms with van der Waals surface area (Å²) in [7, 11) is 3.08. The molecule has 0 N–H and O–H groups in total. The average molecular weight is 331 g/mol. The molecule has 0 saturated heterocycles. The summed E-state index contributed by atoms with van der Waals surface area (Å²) in [5.41, 5.74) is 4.75. The maximum Gasteiger partial charge on any atom is -0.147 e. The number of allylic oxidation sites excluding steroid dienone is 4. The SMILES string of the molecule is CC[C](C)(P)[Ti][C]1=C(C)C(C)=C(C)C1C.Cl.Cl. The summed E-state index contributed by atoms with van der Waals surface area (Å²) < 4.78 is 2.28. The van der Waals surface area contributed by atoms with Crippen LogP contribution >= 0.6 is 34.1 Å². The van der Waals surface area contributed by atoms with Gasteiger partial charge in [-0.1, -0.05) is 0 Å². The van der Waals surface area contributed by atoms with Gasteiger partial charge in [-0.05, 0) is 0 Å². The van der Waals surface area contributed by atoms with Crippen LogP contribution in [0, 0.1) is 5.92 Å². The van der Waals surface area contributed by atoms with Crippen molar-refractivity contribution in [3.05, 3.63) is 20.6 Å². The van der Waals surface area contributed by atoms with Gasteiger partial charge in [0.25, 0.3) is 0 Å². The molecule has 0 aromatic rings. The molecule has 0 saturated carbocycles. The maximum atomic E-state index is 3.08. The second-order valence-electron chi connectivity index (χ2n) is 4.96. The molecule has 3 atom stereocenters. The van der Waals surface area contributed by atoms with Gasteiger partial charge in [0.15, 0.2) is 0 Å². The molecule has 0 fully saturated rings. The smallest absolute Gasteiger partial charge is 0.147 e. The van der Waals surface area contributed by atoms with Crippen LogP contribution < -0.4 is 0 Å². The summed E-state index contributed by atoms with van der Waals surface area (Å²) in [4.78, 5) is 0. The summed E-state index contributed by atoms with van der Waals surface area (Å²) >= 11 is -0.00593. The third-order valence-electron chi connectivity index (χ3n) is 3.80. The predicted molar refractivity (Wildman–Crippen MR) is 83.1 cm³/mol. The first-order valence-corrected chi connectivity index (χ1v) is 7.89. The first-order chi connectivity index (χ1) is 6.80. The van der Waals surface area contributed by atoms with E-state index >= 15 is 0 Å². The summed E-state index contributed by atoms with van der Waals surface area (Å²) in [5, 5.41) is 0.